The van der Waals surface area contributed by atoms with Crippen molar-refractivity contribution < 1.29 is 8.85 Å². The molecular formula is C39H72O2Si2. The topological polar surface area (TPSA) is 18.5 Å². The molecule has 0 bridgehead atoms. The lowest BCUT2D eigenvalue weighted by atomic mass is 9.60. The molecule has 0 saturated heterocycles. The number of rotatable bonds is 10. The molecule has 2 nitrogen and oxygen atoms in total. The van der Waals surface area contributed by atoms with Crippen molar-refractivity contribution in [2.24, 2.45) is 29.1 Å². The van der Waals surface area contributed by atoms with Gasteiger partial charge in [-0.15, -0.1) is 0 Å². The first-order chi connectivity index (χ1) is 19.6. The van der Waals surface area contributed by atoms with Crippen molar-refractivity contribution in [1.29, 1.82) is 0 Å². The van der Waals surface area contributed by atoms with Gasteiger partial charge in [-0.3, -0.25) is 0 Å². The Morgan fingerprint density at radius 3 is 2.09 bits per heavy atom. The summed E-state index contributed by atoms with van der Waals surface area (Å²) in [6.45, 7) is 38.3. The minimum atomic E-state index is -1.95. The summed E-state index contributed by atoms with van der Waals surface area (Å²) in [6.07, 6.45) is 18.1. The molecule has 0 heterocycles. The van der Waals surface area contributed by atoms with Gasteiger partial charge in [0.15, 0.2) is 16.6 Å². The number of fused-ring (bicyclic) bond motifs is 1. The van der Waals surface area contributed by atoms with Crippen molar-refractivity contribution in [2.75, 3.05) is 0 Å². The summed E-state index contributed by atoms with van der Waals surface area (Å²) in [6, 6.07) is 0. The van der Waals surface area contributed by atoms with Crippen LogP contribution in [0, 0.1) is 29.1 Å². The van der Waals surface area contributed by atoms with Crippen LogP contribution >= 0.6 is 0 Å². The third-order valence-corrected chi connectivity index (χ3v) is 21.9. The summed E-state index contributed by atoms with van der Waals surface area (Å²) in [4.78, 5) is 0. The molecule has 0 aliphatic heterocycles. The van der Waals surface area contributed by atoms with E-state index in [1.807, 2.05) is 0 Å². The molecule has 0 amide bonds. The van der Waals surface area contributed by atoms with Crippen LogP contribution in [0.4, 0.5) is 0 Å². The van der Waals surface area contributed by atoms with Gasteiger partial charge in [0, 0.05) is 6.42 Å². The van der Waals surface area contributed by atoms with Gasteiger partial charge >= 0.3 is 0 Å². The Kier molecular flexibility index (Phi) is 11.8. The molecule has 0 aromatic rings. The fourth-order valence-corrected chi connectivity index (χ4v) is 10.7. The van der Waals surface area contributed by atoms with Crippen molar-refractivity contribution in [3.05, 3.63) is 35.5 Å². The van der Waals surface area contributed by atoms with E-state index in [1.165, 1.54) is 62.5 Å². The van der Waals surface area contributed by atoms with Crippen LogP contribution < -0.4 is 0 Å². The van der Waals surface area contributed by atoms with Gasteiger partial charge in [-0.25, -0.2) is 0 Å². The molecule has 0 aromatic heterocycles. The van der Waals surface area contributed by atoms with Crippen molar-refractivity contribution in [3.63, 3.8) is 0 Å². The average Bonchev–Trinajstić information content (AvgIpc) is 3.20. The Bertz CT molecular complexity index is 1020. The van der Waals surface area contributed by atoms with Gasteiger partial charge in [0.1, 0.15) is 0 Å². The van der Waals surface area contributed by atoms with E-state index in [2.05, 4.69) is 108 Å². The van der Waals surface area contributed by atoms with Crippen LogP contribution in [-0.2, 0) is 8.85 Å². The van der Waals surface area contributed by atoms with Gasteiger partial charge in [0.05, 0.1) is 12.2 Å². The van der Waals surface area contributed by atoms with Crippen molar-refractivity contribution >= 4 is 16.6 Å². The highest BCUT2D eigenvalue weighted by molar-refractivity contribution is 6.74. The second-order valence-electron chi connectivity index (χ2n) is 18.7. The van der Waals surface area contributed by atoms with Crippen molar-refractivity contribution in [1.82, 2.24) is 0 Å². The fourth-order valence-electron chi connectivity index (χ4n) is 8.03. The quantitative estimate of drug-likeness (QED) is 0.224. The molecule has 0 aromatic carbocycles. The number of hydrogen-bond donors (Lipinski definition) is 0. The maximum absolute atomic E-state index is 7.09. The minimum Gasteiger partial charge on any atom is -0.413 e. The van der Waals surface area contributed by atoms with Gasteiger partial charge in [-0.1, -0.05) is 113 Å². The van der Waals surface area contributed by atoms with E-state index >= 15 is 0 Å². The zero-order valence-corrected chi connectivity index (χ0v) is 33.2. The molecule has 3 fully saturated rings. The summed E-state index contributed by atoms with van der Waals surface area (Å²) < 4.78 is 14.2. The Labute approximate surface area is 271 Å². The van der Waals surface area contributed by atoms with E-state index in [-0.39, 0.29) is 22.3 Å². The Hall–Kier alpha value is -0.426. The highest BCUT2D eigenvalue weighted by Gasteiger charge is 2.50. The largest absolute Gasteiger partial charge is 0.413 e. The van der Waals surface area contributed by atoms with E-state index in [1.54, 1.807) is 5.57 Å². The zero-order valence-electron chi connectivity index (χ0n) is 31.2. The molecule has 6 atom stereocenters. The highest BCUT2D eigenvalue weighted by Crippen LogP contribution is 2.60. The summed E-state index contributed by atoms with van der Waals surface area (Å²) in [5, 5.41) is 0.366. The molecule has 3 aliphatic rings. The number of hydrogen-bond acceptors (Lipinski definition) is 2. The zero-order chi connectivity index (χ0) is 32.6. The average molecular weight is 629 g/mol. The lowest BCUT2D eigenvalue weighted by Gasteiger charge is -2.46. The second kappa shape index (κ2) is 13.7. The molecule has 4 heteroatoms. The molecule has 43 heavy (non-hydrogen) atoms. The van der Waals surface area contributed by atoms with Crippen LogP contribution in [-0.4, -0.2) is 28.8 Å². The molecule has 1 unspecified atom stereocenters. The normalized spacial score (nSPS) is 32.1. The molecule has 248 valence electrons. The minimum absolute atomic E-state index is 0.0493. The van der Waals surface area contributed by atoms with E-state index < -0.39 is 16.6 Å². The van der Waals surface area contributed by atoms with Gasteiger partial charge in [-0.05, 0) is 115 Å². The lowest BCUT2D eigenvalue weighted by Crippen LogP contribution is -2.49. The van der Waals surface area contributed by atoms with E-state index in [9.17, 15) is 0 Å². The molecule has 0 N–H and O–H groups in total. The molecule has 3 aliphatic carbocycles. The highest BCUT2D eigenvalue weighted by atomic mass is 28.4. The third-order valence-electron chi connectivity index (χ3n) is 12.9. The van der Waals surface area contributed by atoms with Crippen LogP contribution in [0.1, 0.15) is 133 Å². The predicted molar refractivity (Wildman–Crippen MR) is 195 cm³/mol. The first-order valence-electron chi connectivity index (χ1n) is 18.0. The number of allylic oxidation sites excluding steroid dienone is 3. The van der Waals surface area contributed by atoms with Crippen molar-refractivity contribution in [3.8, 4) is 0 Å². The first-order valence-corrected chi connectivity index (χ1v) is 23.8. The molecular weight excluding hydrogens is 557 g/mol. The molecule has 0 spiro atoms. The maximum Gasteiger partial charge on any atom is 0.192 e. The van der Waals surface area contributed by atoms with Crippen LogP contribution in [0.5, 0.6) is 0 Å². The summed E-state index contributed by atoms with van der Waals surface area (Å²) >= 11 is 0. The Morgan fingerprint density at radius 1 is 0.907 bits per heavy atom. The Morgan fingerprint density at radius 2 is 1.51 bits per heavy atom. The Balaban J connectivity index is 1.87. The van der Waals surface area contributed by atoms with Crippen LogP contribution in [0.25, 0.3) is 0 Å². The molecule has 3 rings (SSSR count). The first kappa shape index (κ1) is 37.0. The standard InChI is InChI=1S/C39H72O2Si2/c1-28(2)18-16-19-29(3)34-23-24-35-31(20-17-25-39(34,35)11)21-22-32-26-33(40-42(12,13)37(5,6)7)27-36(30(32)4)41-43(14,15)38(8,9)10/h21-22,28-29,33-36H,4,16-20,23-27H2,1-3,5-15H3/b31-21+,32-22?/t29-,33-,34-,35?,36+,39-/m1/s1. The SMILES string of the molecule is C=C1C(=C/C=C2\CCC[C@@]3(C)C2CC[C@@H]3[C@H](C)CCCC(C)C)C[C@@H](O[Si](C)(C)C(C)(C)C)C[C@@H]1O[Si](C)(C)C(C)(C)C. The van der Waals surface area contributed by atoms with Gasteiger partial charge in [-0.2, -0.15) is 0 Å². The predicted octanol–water partition coefficient (Wildman–Crippen LogP) is 12.6. The smallest absolute Gasteiger partial charge is 0.192 e. The third kappa shape index (κ3) is 8.69. The van der Waals surface area contributed by atoms with Crippen LogP contribution in [0.15, 0.2) is 35.5 Å². The maximum atomic E-state index is 7.09. The summed E-state index contributed by atoms with van der Waals surface area (Å²) in [7, 11) is -3.86. The van der Waals surface area contributed by atoms with Crippen LogP contribution in [0.2, 0.25) is 36.3 Å². The van der Waals surface area contributed by atoms with E-state index in [0.29, 0.717) is 5.41 Å². The monoisotopic (exact) mass is 629 g/mol. The van der Waals surface area contributed by atoms with Gasteiger partial charge < -0.3 is 8.85 Å². The van der Waals surface area contributed by atoms with Gasteiger partial charge in [0.2, 0.25) is 0 Å². The molecule has 3 saturated carbocycles. The van der Waals surface area contributed by atoms with Crippen LogP contribution in [0.3, 0.4) is 0 Å². The second-order valence-corrected chi connectivity index (χ2v) is 28.2. The van der Waals surface area contributed by atoms with E-state index in [4.69, 9.17) is 15.4 Å². The summed E-state index contributed by atoms with van der Waals surface area (Å²) in [5.74, 6) is 3.28. The fraction of sp³-hybridized carbons (Fsp3) is 0.846. The summed E-state index contributed by atoms with van der Waals surface area (Å²) in [5.41, 5.74) is 4.75. The van der Waals surface area contributed by atoms with Crippen molar-refractivity contribution in [2.45, 2.75) is 182 Å². The lowest BCUT2D eigenvalue weighted by molar-refractivity contribution is 0.0927. The molecule has 0 radical (unpaired) electrons. The van der Waals surface area contributed by atoms with Gasteiger partial charge in [0.25, 0.3) is 0 Å². The van der Waals surface area contributed by atoms with E-state index in [0.717, 1.165) is 36.5 Å².